The minimum Gasteiger partial charge on any atom is -0.452 e. The maximum Gasteiger partial charge on any atom is 0.340 e. The molecule has 0 bridgehead atoms. The number of hydrogen-bond donors (Lipinski definition) is 2. The average Bonchev–Trinajstić information content (AvgIpc) is 2.50. The van der Waals surface area contributed by atoms with Crippen molar-refractivity contribution in [1.29, 1.82) is 0 Å². The molecule has 3 N–H and O–H groups in total. The summed E-state index contributed by atoms with van der Waals surface area (Å²) in [5, 5.41) is 2.35. The Hall–Kier alpha value is -2.89. The van der Waals surface area contributed by atoms with E-state index in [0.29, 0.717) is 5.69 Å². The Morgan fingerprint density at radius 2 is 1.96 bits per heavy atom. The van der Waals surface area contributed by atoms with Gasteiger partial charge in [-0.3, -0.25) is 4.79 Å². The third-order valence-electron chi connectivity index (χ3n) is 3.28. The van der Waals surface area contributed by atoms with Crippen LogP contribution in [0.1, 0.15) is 21.5 Å². The van der Waals surface area contributed by atoms with Crippen molar-refractivity contribution >= 4 is 23.3 Å². The fourth-order valence-electron chi connectivity index (χ4n) is 1.98. The van der Waals surface area contributed by atoms with Crippen molar-refractivity contribution in [1.82, 2.24) is 0 Å². The number of esters is 1. The predicted molar refractivity (Wildman–Crippen MR) is 85.6 cm³/mol. The molecule has 1 amide bonds. The molecule has 2 aromatic rings. The molecule has 0 radical (unpaired) electrons. The molecule has 0 aliphatic rings. The van der Waals surface area contributed by atoms with Crippen molar-refractivity contribution < 1.29 is 18.7 Å². The Kier molecular flexibility index (Phi) is 4.95. The van der Waals surface area contributed by atoms with Gasteiger partial charge in [-0.25, -0.2) is 9.18 Å². The van der Waals surface area contributed by atoms with Gasteiger partial charge in [0.25, 0.3) is 5.91 Å². The van der Waals surface area contributed by atoms with Gasteiger partial charge in [-0.05, 0) is 43.2 Å². The van der Waals surface area contributed by atoms with Gasteiger partial charge in [0.15, 0.2) is 6.61 Å². The third-order valence-corrected chi connectivity index (χ3v) is 3.28. The van der Waals surface area contributed by atoms with Crippen LogP contribution in [0.15, 0.2) is 36.4 Å². The number of nitrogens with two attached hydrogens (primary N) is 1. The fourth-order valence-corrected chi connectivity index (χ4v) is 1.98. The highest BCUT2D eigenvalue weighted by Crippen LogP contribution is 2.18. The molecule has 0 aromatic heterocycles. The Bertz CT molecular complexity index is 759. The number of nitrogens with one attached hydrogen (secondary N) is 1. The molecule has 23 heavy (non-hydrogen) atoms. The molecule has 120 valence electrons. The van der Waals surface area contributed by atoms with E-state index >= 15 is 0 Å². The lowest BCUT2D eigenvalue weighted by molar-refractivity contribution is -0.119. The van der Waals surface area contributed by atoms with Crippen molar-refractivity contribution in [3.8, 4) is 0 Å². The van der Waals surface area contributed by atoms with E-state index < -0.39 is 24.3 Å². The van der Waals surface area contributed by atoms with Gasteiger partial charge < -0.3 is 15.8 Å². The lowest BCUT2D eigenvalue weighted by atomic mass is 10.1. The molecule has 0 atom stereocenters. The Morgan fingerprint density at radius 1 is 1.22 bits per heavy atom. The van der Waals surface area contributed by atoms with Crippen LogP contribution in [0.25, 0.3) is 0 Å². The Labute approximate surface area is 133 Å². The molecule has 2 rings (SSSR count). The van der Waals surface area contributed by atoms with Gasteiger partial charge in [0, 0.05) is 5.69 Å². The first-order chi connectivity index (χ1) is 10.9. The number of carbonyl (C=O) groups excluding carboxylic acids is 2. The van der Waals surface area contributed by atoms with Crippen LogP contribution in [-0.4, -0.2) is 18.5 Å². The largest absolute Gasteiger partial charge is 0.452 e. The highest BCUT2D eigenvalue weighted by atomic mass is 19.1. The summed E-state index contributed by atoms with van der Waals surface area (Å²) >= 11 is 0. The van der Waals surface area contributed by atoms with E-state index in [1.165, 1.54) is 18.2 Å². The number of amides is 1. The van der Waals surface area contributed by atoms with Crippen molar-refractivity contribution in [2.75, 3.05) is 17.7 Å². The smallest absolute Gasteiger partial charge is 0.340 e. The second-order valence-electron chi connectivity index (χ2n) is 5.14. The van der Waals surface area contributed by atoms with Crippen LogP contribution in [0, 0.1) is 19.7 Å². The molecule has 0 aliphatic heterocycles. The van der Waals surface area contributed by atoms with Gasteiger partial charge in [0.2, 0.25) is 0 Å². The molecular formula is C17H17FN2O3. The first kappa shape index (κ1) is 16.5. The number of aryl methyl sites for hydroxylation is 2. The maximum absolute atomic E-state index is 13.6. The molecule has 0 saturated carbocycles. The standard InChI is InChI=1S/C17H17FN2O3/c1-10-6-7-14(13(18)8-10)20-15(21)9-23-17(22)12-5-3-4-11(2)16(12)19/h3-8H,9,19H2,1-2H3,(H,20,21). The fraction of sp³-hybridized carbons (Fsp3) is 0.176. The number of hydrogen-bond acceptors (Lipinski definition) is 4. The minimum absolute atomic E-state index is 0.0340. The van der Waals surface area contributed by atoms with E-state index in [2.05, 4.69) is 5.32 Å². The highest BCUT2D eigenvalue weighted by Gasteiger charge is 2.15. The van der Waals surface area contributed by atoms with Gasteiger partial charge in [0.1, 0.15) is 5.82 Å². The molecule has 0 fully saturated rings. The number of rotatable bonds is 4. The summed E-state index contributed by atoms with van der Waals surface area (Å²) in [4.78, 5) is 23.7. The molecule has 5 nitrogen and oxygen atoms in total. The summed E-state index contributed by atoms with van der Waals surface area (Å²) in [6.07, 6.45) is 0. The van der Waals surface area contributed by atoms with E-state index in [9.17, 15) is 14.0 Å². The zero-order chi connectivity index (χ0) is 17.0. The number of halogens is 1. The first-order valence-corrected chi connectivity index (χ1v) is 6.96. The second kappa shape index (κ2) is 6.91. The summed E-state index contributed by atoms with van der Waals surface area (Å²) in [7, 11) is 0. The van der Waals surface area contributed by atoms with Crippen LogP contribution in [0.2, 0.25) is 0 Å². The maximum atomic E-state index is 13.6. The highest BCUT2D eigenvalue weighted by molar-refractivity contribution is 5.98. The Morgan fingerprint density at radius 3 is 2.65 bits per heavy atom. The lowest BCUT2D eigenvalue weighted by Gasteiger charge is -2.10. The average molecular weight is 316 g/mol. The van der Waals surface area contributed by atoms with Crippen molar-refractivity contribution in [2.24, 2.45) is 0 Å². The molecule has 0 saturated heterocycles. The summed E-state index contributed by atoms with van der Waals surface area (Å²) < 4.78 is 18.5. The topological polar surface area (TPSA) is 81.4 Å². The van der Waals surface area contributed by atoms with E-state index in [4.69, 9.17) is 10.5 Å². The SMILES string of the molecule is Cc1ccc(NC(=O)COC(=O)c2cccc(C)c2N)c(F)c1. The van der Waals surface area contributed by atoms with Crippen molar-refractivity contribution in [3.63, 3.8) is 0 Å². The quantitative estimate of drug-likeness (QED) is 0.671. The summed E-state index contributed by atoms with van der Waals surface area (Å²) in [5.74, 6) is -1.88. The van der Waals surface area contributed by atoms with E-state index in [1.54, 1.807) is 32.0 Å². The minimum atomic E-state index is -0.703. The van der Waals surface area contributed by atoms with Gasteiger partial charge in [-0.15, -0.1) is 0 Å². The molecule has 0 unspecified atom stereocenters. The number of para-hydroxylation sites is 1. The van der Waals surface area contributed by atoms with Crippen LogP contribution in [-0.2, 0) is 9.53 Å². The summed E-state index contributed by atoms with van der Waals surface area (Å²) in [5.41, 5.74) is 7.81. The molecule has 6 heteroatoms. The van der Waals surface area contributed by atoms with Gasteiger partial charge in [-0.1, -0.05) is 18.2 Å². The van der Waals surface area contributed by atoms with Crippen LogP contribution in [0.4, 0.5) is 15.8 Å². The monoisotopic (exact) mass is 316 g/mol. The molecule has 0 spiro atoms. The van der Waals surface area contributed by atoms with Crippen LogP contribution < -0.4 is 11.1 Å². The summed E-state index contributed by atoms with van der Waals surface area (Å²) in [6, 6.07) is 9.36. The van der Waals surface area contributed by atoms with Crippen molar-refractivity contribution in [2.45, 2.75) is 13.8 Å². The third kappa shape index (κ3) is 4.06. The number of anilines is 2. The molecular weight excluding hydrogens is 299 g/mol. The van der Waals surface area contributed by atoms with E-state index in [-0.39, 0.29) is 11.3 Å². The normalized spacial score (nSPS) is 10.2. The Balaban J connectivity index is 1.96. The van der Waals surface area contributed by atoms with Gasteiger partial charge in [0.05, 0.1) is 11.3 Å². The van der Waals surface area contributed by atoms with Crippen LogP contribution in [0.3, 0.4) is 0 Å². The van der Waals surface area contributed by atoms with Crippen LogP contribution >= 0.6 is 0 Å². The first-order valence-electron chi connectivity index (χ1n) is 6.96. The number of benzene rings is 2. The van der Waals surface area contributed by atoms with Crippen molar-refractivity contribution in [3.05, 3.63) is 58.9 Å². The van der Waals surface area contributed by atoms with Crippen LogP contribution in [0.5, 0.6) is 0 Å². The second-order valence-corrected chi connectivity index (χ2v) is 5.14. The number of ether oxygens (including phenoxy) is 1. The molecule has 0 aliphatic carbocycles. The molecule has 2 aromatic carbocycles. The molecule has 0 heterocycles. The van der Waals surface area contributed by atoms with E-state index in [1.807, 2.05) is 0 Å². The predicted octanol–water partition coefficient (Wildman–Crippen LogP) is 2.82. The zero-order valence-electron chi connectivity index (χ0n) is 12.9. The number of carbonyl (C=O) groups is 2. The van der Waals surface area contributed by atoms with Gasteiger partial charge >= 0.3 is 5.97 Å². The van der Waals surface area contributed by atoms with E-state index in [0.717, 1.165) is 11.1 Å². The lowest BCUT2D eigenvalue weighted by Crippen LogP contribution is -2.22. The summed E-state index contributed by atoms with van der Waals surface area (Å²) in [6.45, 7) is 2.97. The van der Waals surface area contributed by atoms with Gasteiger partial charge in [-0.2, -0.15) is 0 Å². The zero-order valence-corrected chi connectivity index (χ0v) is 12.9. The number of nitrogen functional groups attached to an aromatic ring is 1.